The van der Waals surface area contributed by atoms with Gasteiger partial charge in [0.1, 0.15) is 5.82 Å². The minimum Gasteiger partial charge on any atom is -0.493 e. The predicted molar refractivity (Wildman–Crippen MR) is 107 cm³/mol. The van der Waals surface area contributed by atoms with Gasteiger partial charge in [-0.15, -0.1) is 0 Å². The van der Waals surface area contributed by atoms with Gasteiger partial charge in [0, 0.05) is 21.9 Å². The smallest absolute Gasteiger partial charge is 0.256 e. The number of ether oxygens (including phenoxy) is 2. The average molecular weight is 397 g/mol. The molecule has 28 heavy (non-hydrogen) atoms. The van der Waals surface area contributed by atoms with Crippen LogP contribution in [0.15, 0.2) is 48.5 Å². The topological polar surface area (TPSA) is 82.5 Å². The lowest BCUT2D eigenvalue weighted by molar-refractivity contribution is 0.102. The number of methoxy groups -OCH3 is 2. The molecule has 0 spiro atoms. The highest BCUT2D eigenvalue weighted by Crippen LogP contribution is 2.32. The zero-order valence-corrected chi connectivity index (χ0v) is 16.3. The van der Waals surface area contributed by atoms with Gasteiger partial charge in [-0.05, 0) is 30.3 Å². The van der Waals surface area contributed by atoms with Crippen LogP contribution in [0.2, 0.25) is 0 Å². The van der Waals surface area contributed by atoms with E-state index >= 15 is 0 Å². The number of fused-ring (bicyclic) bond motifs is 1. The van der Waals surface area contributed by atoms with Crippen LogP contribution in [0.25, 0.3) is 5.69 Å². The molecule has 0 fully saturated rings. The standard InChI is InChI=1S/C20H19N3O4S/c1-26-17-9-8-13(10-18(17)27-2)20(24)21-19-15-11-28(25)12-16(15)22-23(19)14-6-4-3-5-7-14/h3-10H,11-12H2,1-2H3,(H,21,24)/t28-/m1/s1. The molecule has 0 saturated carbocycles. The van der Waals surface area contributed by atoms with Gasteiger partial charge < -0.3 is 14.8 Å². The van der Waals surface area contributed by atoms with Crippen LogP contribution >= 0.6 is 0 Å². The molecule has 1 N–H and O–H groups in total. The van der Waals surface area contributed by atoms with Gasteiger partial charge >= 0.3 is 0 Å². The number of aromatic nitrogens is 2. The molecule has 2 aromatic carbocycles. The minimum absolute atomic E-state index is 0.307. The third-order valence-electron chi connectivity index (χ3n) is 4.55. The van der Waals surface area contributed by atoms with E-state index in [4.69, 9.17) is 9.47 Å². The lowest BCUT2D eigenvalue weighted by atomic mass is 10.2. The third-order valence-corrected chi connectivity index (χ3v) is 5.75. The van der Waals surface area contributed by atoms with Crippen LogP contribution in [-0.2, 0) is 22.3 Å². The molecule has 3 aromatic rings. The van der Waals surface area contributed by atoms with E-state index in [0.717, 1.165) is 16.9 Å². The van der Waals surface area contributed by atoms with Crippen molar-refractivity contribution >= 4 is 22.5 Å². The molecule has 1 amide bonds. The summed E-state index contributed by atoms with van der Waals surface area (Å²) in [4.78, 5) is 12.9. The quantitative estimate of drug-likeness (QED) is 0.716. The Morgan fingerprint density at radius 1 is 1.07 bits per heavy atom. The highest BCUT2D eigenvalue weighted by atomic mass is 32.2. The molecule has 2 heterocycles. The van der Waals surface area contributed by atoms with Crippen molar-refractivity contribution in [3.63, 3.8) is 0 Å². The first-order valence-corrected chi connectivity index (χ1v) is 10.1. The maximum Gasteiger partial charge on any atom is 0.256 e. The molecule has 1 atom stereocenters. The van der Waals surface area contributed by atoms with Crippen LogP contribution < -0.4 is 14.8 Å². The van der Waals surface area contributed by atoms with Gasteiger partial charge in [-0.1, -0.05) is 18.2 Å². The van der Waals surface area contributed by atoms with Crippen LogP contribution in [0.3, 0.4) is 0 Å². The van der Waals surface area contributed by atoms with Crippen molar-refractivity contribution in [3.8, 4) is 17.2 Å². The van der Waals surface area contributed by atoms with Crippen molar-refractivity contribution in [1.82, 2.24) is 9.78 Å². The summed E-state index contributed by atoms with van der Waals surface area (Å²) < 4.78 is 24.2. The van der Waals surface area contributed by atoms with Crippen molar-refractivity contribution in [2.75, 3.05) is 19.5 Å². The second kappa shape index (κ2) is 7.47. The molecule has 0 bridgehead atoms. The molecule has 0 saturated heterocycles. The van der Waals surface area contributed by atoms with Gasteiger partial charge in [0.15, 0.2) is 11.5 Å². The summed E-state index contributed by atoms with van der Waals surface area (Å²) in [5, 5.41) is 7.53. The molecule has 1 aliphatic rings. The summed E-state index contributed by atoms with van der Waals surface area (Å²) >= 11 is 0. The molecular weight excluding hydrogens is 378 g/mol. The predicted octanol–water partition coefficient (Wildman–Crippen LogP) is 2.90. The van der Waals surface area contributed by atoms with E-state index in [1.54, 1.807) is 30.0 Å². The first-order valence-electron chi connectivity index (χ1n) is 8.65. The Hall–Kier alpha value is -3.13. The molecule has 144 valence electrons. The van der Waals surface area contributed by atoms with Crippen molar-refractivity contribution in [1.29, 1.82) is 0 Å². The highest BCUT2D eigenvalue weighted by molar-refractivity contribution is 7.83. The highest BCUT2D eigenvalue weighted by Gasteiger charge is 2.28. The lowest BCUT2D eigenvalue weighted by Gasteiger charge is -2.12. The SMILES string of the molecule is COc1ccc(C(=O)Nc2c3c(nn2-c2ccccc2)C[S@](=O)C3)cc1OC. The number of carbonyl (C=O) groups is 1. The van der Waals surface area contributed by atoms with Gasteiger partial charge in [-0.25, -0.2) is 4.68 Å². The number of hydrogen-bond donors (Lipinski definition) is 1. The van der Waals surface area contributed by atoms with Crippen LogP contribution in [0.5, 0.6) is 11.5 Å². The first-order chi connectivity index (χ1) is 13.6. The van der Waals surface area contributed by atoms with Crippen LogP contribution in [0.1, 0.15) is 21.6 Å². The maximum atomic E-state index is 12.9. The first kappa shape index (κ1) is 18.2. The summed E-state index contributed by atoms with van der Waals surface area (Å²) in [7, 11) is 2.07. The van der Waals surface area contributed by atoms with E-state index in [-0.39, 0.29) is 5.91 Å². The van der Waals surface area contributed by atoms with Crippen molar-refractivity contribution < 1.29 is 18.5 Å². The average Bonchev–Trinajstić information content (AvgIpc) is 3.24. The van der Waals surface area contributed by atoms with Gasteiger partial charge in [0.2, 0.25) is 0 Å². The Morgan fingerprint density at radius 2 is 1.82 bits per heavy atom. The number of rotatable bonds is 5. The van der Waals surface area contributed by atoms with Crippen molar-refractivity contribution in [3.05, 3.63) is 65.4 Å². The van der Waals surface area contributed by atoms with Crippen LogP contribution in [0, 0.1) is 0 Å². The van der Waals surface area contributed by atoms with Gasteiger partial charge in [-0.2, -0.15) is 5.10 Å². The van der Waals surface area contributed by atoms with Gasteiger partial charge in [0.25, 0.3) is 5.91 Å². The van der Waals surface area contributed by atoms with E-state index in [2.05, 4.69) is 10.4 Å². The summed E-state index contributed by atoms with van der Waals surface area (Å²) in [6, 6.07) is 14.5. The number of anilines is 1. The summed E-state index contributed by atoms with van der Waals surface area (Å²) in [5.74, 6) is 2.03. The molecule has 0 radical (unpaired) electrons. The van der Waals surface area contributed by atoms with E-state index in [1.807, 2.05) is 30.3 Å². The third kappa shape index (κ3) is 3.27. The number of benzene rings is 2. The number of carbonyl (C=O) groups excluding carboxylic acids is 1. The fraction of sp³-hybridized carbons (Fsp3) is 0.200. The molecule has 7 nitrogen and oxygen atoms in total. The lowest BCUT2D eigenvalue weighted by Crippen LogP contribution is -2.16. The van der Waals surface area contributed by atoms with Crippen LogP contribution in [-0.4, -0.2) is 34.1 Å². The second-order valence-electron chi connectivity index (χ2n) is 6.27. The normalized spacial score (nSPS) is 15.1. The van der Waals surface area contributed by atoms with E-state index in [0.29, 0.717) is 34.4 Å². The van der Waals surface area contributed by atoms with E-state index < -0.39 is 10.8 Å². The number of para-hydroxylation sites is 1. The van der Waals surface area contributed by atoms with Crippen molar-refractivity contribution in [2.24, 2.45) is 0 Å². The summed E-state index contributed by atoms with van der Waals surface area (Å²) in [5.41, 5.74) is 2.82. The molecular formula is C20H19N3O4S. The number of amides is 1. The number of hydrogen-bond acceptors (Lipinski definition) is 5. The Labute approximate surface area is 164 Å². The number of nitrogens with one attached hydrogen (secondary N) is 1. The Kier molecular flexibility index (Phi) is 4.87. The fourth-order valence-corrected chi connectivity index (χ4v) is 4.43. The summed E-state index contributed by atoms with van der Waals surface area (Å²) in [6.45, 7) is 0. The molecule has 8 heteroatoms. The molecule has 0 aliphatic carbocycles. The zero-order chi connectivity index (χ0) is 19.7. The minimum atomic E-state index is -0.996. The Morgan fingerprint density at radius 3 is 2.54 bits per heavy atom. The van der Waals surface area contributed by atoms with Crippen molar-refractivity contribution in [2.45, 2.75) is 11.5 Å². The monoisotopic (exact) mass is 397 g/mol. The largest absolute Gasteiger partial charge is 0.493 e. The van der Waals surface area contributed by atoms with Gasteiger partial charge in [-0.3, -0.25) is 9.00 Å². The fourth-order valence-electron chi connectivity index (χ4n) is 3.17. The zero-order valence-electron chi connectivity index (χ0n) is 15.5. The maximum absolute atomic E-state index is 12.9. The van der Waals surface area contributed by atoms with Gasteiger partial charge in [0.05, 0.1) is 37.1 Å². The Balaban J connectivity index is 1.71. The van der Waals surface area contributed by atoms with Crippen LogP contribution in [0.4, 0.5) is 5.82 Å². The molecule has 0 unspecified atom stereocenters. The number of nitrogens with zero attached hydrogens (tertiary/aromatic N) is 2. The van der Waals surface area contributed by atoms with E-state index in [9.17, 15) is 9.00 Å². The molecule has 4 rings (SSSR count). The van der Waals surface area contributed by atoms with E-state index in [1.165, 1.54) is 7.11 Å². The second-order valence-corrected chi connectivity index (χ2v) is 7.73. The summed E-state index contributed by atoms with van der Waals surface area (Å²) in [6.07, 6.45) is 0. The molecule has 1 aliphatic heterocycles. The Bertz CT molecular complexity index is 1060. The molecule has 1 aromatic heterocycles.